The van der Waals surface area contributed by atoms with Crippen molar-refractivity contribution in [2.75, 3.05) is 7.05 Å². The SMILES string of the molecule is CC(c1ccc(Cl)cc1)N(C)Cc1ccc(C(=O)O)cc1. The highest BCUT2D eigenvalue weighted by atomic mass is 35.5. The number of carbonyl (C=O) groups is 1. The molecular weight excluding hydrogens is 286 g/mol. The van der Waals surface area contributed by atoms with E-state index in [1.807, 2.05) is 43.4 Å². The number of halogens is 1. The molecule has 1 atom stereocenters. The van der Waals surface area contributed by atoms with E-state index < -0.39 is 5.97 Å². The number of nitrogens with zero attached hydrogens (tertiary/aromatic N) is 1. The fourth-order valence-corrected chi connectivity index (χ4v) is 2.30. The van der Waals surface area contributed by atoms with E-state index in [4.69, 9.17) is 16.7 Å². The predicted octanol–water partition coefficient (Wildman–Crippen LogP) is 4.23. The lowest BCUT2D eigenvalue weighted by Crippen LogP contribution is -2.21. The summed E-state index contributed by atoms with van der Waals surface area (Å²) >= 11 is 5.90. The van der Waals surface area contributed by atoms with Gasteiger partial charge in [0.15, 0.2) is 0 Å². The second-order valence-electron chi connectivity index (χ2n) is 5.14. The molecule has 3 nitrogen and oxygen atoms in total. The molecule has 0 aliphatic carbocycles. The maximum Gasteiger partial charge on any atom is 0.335 e. The topological polar surface area (TPSA) is 40.5 Å². The predicted molar refractivity (Wildman–Crippen MR) is 84.7 cm³/mol. The van der Waals surface area contributed by atoms with Gasteiger partial charge in [0.2, 0.25) is 0 Å². The summed E-state index contributed by atoms with van der Waals surface area (Å²) in [6.45, 7) is 2.89. The molecule has 0 aromatic heterocycles. The van der Waals surface area contributed by atoms with Crippen LogP contribution >= 0.6 is 11.6 Å². The smallest absolute Gasteiger partial charge is 0.335 e. The van der Waals surface area contributed by atoms with Gasteiger partial charge in [-0.1, -0.05) is 35.9 Å². The Bertz CT molecular complexity index is 608. The van der Waals surface area contributed by atoms with Gasteiger partial charge in [-0.05, 0) is 49.4 Å². The first kappa shape index (κ1) is 15.5. The van der Waals surface area contributed by atoms with Crippen LogP contribution in [-0.4, -0.2) is 23.0 Å². The lowest BCUT2D eigenvalue weighted by atomic mass is 10.1. The minimum atomic E-state index is -0.899. The molecule has 1 unspecified atom stereocenters. The average Bonchev–Trinajstić information content (AvgIpc) is 2.47. The molecule has 0 aliphatic rings. The van der Waals surface area contributed by atoms with E-state index in [1.54, 1.807) is 12.1 Å². The molecule has 1 N–H and O–H groups in total. The molecule has 110 valence electrons. The number of hydrogen-bond donors (Lipinski definition) is 1. The van der Waals surface area contributed by atoms with Crippen LogP contribution in [-0.2, 0) is 6.54 Å². The van der Waals surface area contributed by atoms with Crippen molar-refractivity contribution in [2.45, 2.75) is 19.5 Å². The van der Waals surface area contributed by atoms with E-state index in [2.05, 4.69) is 11.8 Å². The lowest BCUT2D eigenvalue weighted by molar-refractivity contribution is 0.0697. The van der Waals surface area contributed by atoms with Crippen LogP contribution in [0.15, 0.2) is 48.5 Å². The molecule has 0 radical (unpaired) electrons. The Morgan fingerprint density at radius 3 is 2.24 bits per heavy atom. The average molecular weight is 304 g/mol. The summed E-state index contributed by atoms with van der Waals surface area (Å²) < 4.78 is 0. The van der Waals surface area contributed by atoms with Gasteiger partial charge in [0.1, 0.15) is 0 Å². The fraction of sp³-hybridized carbons (Fsp3) is 0.235. The monoisotopic (exact) mass is 303 g/mol. The van der Waals surface area contributed by atoms with Gasteiger partial charge in [0, 0.05) is 17.6 Å². The lowest BCUT2D eigenvalue weighted by Gasteiger charge is -2.25. The Morgan fingerprint density at radius 1 is 1.14 bits per heavy atom. The molecule has 0 amide bonds. The summed E-state index contributed by atoms with van der Waals surface area (Å²) in [5.41, 5.74) is 2.60. The van der Waals surface area contributed by atoms with Crippen molar-refractivity contribution in [3.63, 3.8) is 0 Å². The highest BCUT2D eigenvalue weighted by Crippen LogP contribution is 2.22. The highest BCUT2D eigenvalue weighted by molar-refractivity contribution is 6.30. The molecule has 2 rings (SSSR count). The molecule has 0 heterocycles. The normalized spacial score (nSPS) is 12.4. The Balaban J connectivity index is 2.04. The number of aromatic carboxylic acids is 1. The summed E-state index contributed by atoms with van der Waals surface area (Å²) in [6.07, 6.45) is 0. The summed E-state index contributed by atoms with van der Waals surface area (Å²) in [4.78, 5) is 13.0. The third kappa shape index (κ3) is 4.06. The first-order valence-electron chi connectivity index (χ1n) is 6.75. The van der Waals surface area contributed by atoms with Crippen LogP contribution < -0.4 is 0 Å². The number of benzene rings is 2. The minimum Gasteiger partial charge on any atom is -0.478 e. The first-order valence-corrected chi connectivity index (χ1v) is 7.13. The van der Waals surface area contributed by atoms with Gasteiger partial charge in [-0.2, -0.15) is 0 Å². The van der Waals surface area contributed by atoms with Crippen molar-refractivity contribution < 1.29 is 9.90 Å². The molecule has 0 bridgehead atoms. The number of carboxylic acids is 1. The van der Waals surface area contributed by atoms with Crippen molar-refractivity contribution in [2.24, 2.45) is 0 Å². The van der Waals surface area contributed by atoms with Crippen LogP contribution in [0.25, 0.3) is 0 Å². The van der Waals surface area contributed by atoms with Crippen LogP contribution in [0.5, 0.6) is 0 Å². The number of hydrogen-bond acceptors (Lipinski definition) is 2. The Morgan fingerprint density at radius 2 is 1.71 bits per heavy atom. The van der Waals surface area contributed by atoms with Gasteiger partial charge in [-0.15, -0.1) is 0 Å². The van der Waals surface area contributed by atoms with Crippen molar-refractivity contribution in [1.29, 1.82) is 0 Å². The van der Waals surface area contributed by atoms with E-state index in [9.17, 15) is 4.79 Å². The minimum absolute atomic E-state index is 0.251. The fourth-order valence-electron chi connectivity index (χ4n) is 2.17. The number of carboxylic acid groups (broad SMARTS) is 1. The third-order valence-corrected chi connectivity index (χ3v) is 3.90. The Kier molecular flexibility index (Phi) is 4.99. The van der Waals surface area contributed by atoms with Gasteiger partial charge in [-0.25, -0.2) is 4.79 Å². The third-order valence-electron chi connectivity index (χ3n) is 3.65. The van der Waals surface area contributed by atoms with Crippen molar-refractivity contribution in [1.82, 2.24) is 4.90 Å². The summed E-state index contributed by atoms with van der Waals surface area (Å²) in [5, 5.41) is 9.63. The van der Waals surface area contributed by atoms with Gasteiger partial charge < -0.3 is 5.11 Å². The Hall–Kier alpha value is -1.84. The summed E-state index contributed by atoms with van der Waals surface area (Å²) in [6, 6.07) is 15.1. The van der Waals surface area contributed by atoms with E-state index >= 15 is 0 Å². The van der Waals surface area contributed by atoms with Crippen LogP contribution in [0.3, 0.4) is 0 Å². The zero-order valence-corrected chi connectivity index (χ0v) is 12.8. The summed E-state index contributed by atoms with van der Waals surface area (Å²) in [5.74, 6) is -0.899. The second-order valence-corrected chi connectivity index (χ2v) is 5.58. The van der Waals surface area contributed by atoms with Gasteiger partial charge in [0.05, 0.1) is 5.56 Å². The molecule has 21 heavy (non-hydrogen) atoms. The molecule has 2 aromatic carbocycles. The molecular formula is C17H18ClNO2. The Labute approximate surface area is 129 Å². The van der Waals surface area contributed by atoms with Gasteiger partial charge in [-0.3, -0.25) is 4.90 Å². The highest BCUT2D eigenvalue weighted by Gasteiger charge is 2.12. The van der Waals surface area contributed by atoms with E-state index in [-0.39, 0.29) is 6.04 Å². The standard InChI is InChI=1S/C17H18ClNO2/c1-12(14-7-9-16(18)10-8-14)19(2)11-13-3-5-15(6-4-13)17(20)21/h3-10,12H,11H2,1-2H3,(H,20,21). The maximum atomic E-state index is 10.8. The first-order chi connectivity index (χ1) is 9.97. The molecule has 2 aromatic rings. The largest absolute Gasteiger partial charge is 0.478 e. The quantitative estimate of drug-likeness (QED) is 0.898. The maximum absolute atomic E-state index is 10.8. The number of rotatable bonds is 5. The second kappa shape index (κ2) is 6.74. The van der Waals surface area contributed by atoms with E-state index in [1.165, 1.54) is 5.56 Å². The van der Waals surface area contributed by atoms with Crippen LogP contribution in [0.1, 0.15) is 34.5 Å². The van der Waals surface area contributed by atoms with E-state index in [0.717, 1.165) is 17.1 Å². The molecule has 0 saturated carbocycles. The van der Waals surface area contributed by atoms with E-state index in [0.29, 0.717) is 5.56 Å². The van der Waals surface area contributed by atoms with Crippen LogP contribution in [0, 0.1) is 0 Å². The molecule has 0 aliphatic heterocycles. The van der Waals surface area contributed by atoms with Crippen molar-refractivity contribution in [3.8, 4) is 0 Å². The van der Waals surface area contributed by atoms with Crippen molar-refractivity contribution >= 4 is 17.6 Å². The molecule has 0 saturated heterocycles. The summed E-state index contributed by atoms with van der Waals surface area (Å²) in [7, 11) is 2.05. The van der Waals surface area contributed by atoms with Crippen LogP contribution in [0.2, 0.25) is 5.02 Å². The van der Waals surface area contributed by atoms with Gasteiger partial charge >= 0.3 is 5.97 Å². The zero-order chi connectivity index (χ0) is 15.4. The van der Waals surface area contributed by atoms with Crippen LogP contribution in [0.4, 0.5) is 0 Å². The van der Waals surface area contributed by atoms with Crippen molar-refractivity contribution in [3.05, 3.63) is 70.2 Å². The molecule has 0 fully saturated rings. The van der Waals surface area contributed by atoms with Gasteiger partial charge in [0.25, 0.3) is 0 Å². The molecule has 4 heteroatoms. The molecule has 0 spiro atoms. The zero-order valence-electron chi connectivity index (χ0n) is 12.1.